The van der Waals surface area contributed by atoms with E-state index in [0.717, 1.165) is 0 Å². The van der Waals surface area contributed by atoms with Crippen molar-refractivity contribution in [2.75, 3.05) is 12.1 Å². The molecule has 0 radical (unpaired) electrons. The van der Waals surface area contributed by atoms with Gasteiger partial charge in [0.25, 0.3) is 0 Å². The quantitative estimate of drug-likeness (QED) is 0.703. The third-order valence-electron chi connectivity index (χ3n) is 2.17. The van der Waals surface area contributed by atoms with Crippen LogP contribution in [-0.2, 0) is 9.63 Å². The topological polar surface area (TPSA) is 54.3 Å². The molecule has 1 aromatic carbocycles. The van der Waals surface area contributed by atoms with Crippen LogP contribution in [0.2, 0.25) is 0 Å². The van der Waals surface area contributed by atoms with E-state index in [4.69, 9.17) is 0 Å². The number of hydrogen-bond donors (Lipinski definition) is 0. The average Bonchev–Trinajstić information content (AvgIpc) is 2.59. The number of amides is 1. The van der Waals surface area contributed by atoms with Crippen LogP contribution >= 0.6 is 0 Å². The van der Waals surface area contributed by atoms with Gasteiger partial charge in [-0.25, -0.2) is 0 Å². The predicted molar refractivity (Wildman–Crippen MR) is 61.5 cm³/mol. The van der Waals surface area contributed by atoms with Gasteiger partial charge in [0.15, 0.2) is 5.71 Å². The largest absolute Gasteiger partial charge is 0.398 e. The number of carbonyl (C=O) groups excluding carboxylic acids is 1. The van der Waals surface area contributed by atoms with Crippen LogP contribution in [0.3, 0.4) is 0 Å². The minimum Gasteiger partial charge on any atom is -0.398 e. The lowest BCUT2D eigenvalue weighted by molar-refractivity contribution is -0.112. The Morgan fingerprint density at radius 3 is 2.62 bits per heavy atom. The number of hydrazone groups is 1. The van der Waals surface area contributed by atoms with Crippen LogP contribution in [0.25, 0.3) is 0 Å². The fraction of sp³-hybridized carbons (Fsp3) is 0.182. The number of anilines is 1. The lowest BCUT2D eigenvalue weighted by Crippen LogP contribution is -2.27. The van der Waals surface area contributed by atoms with Crippen LogP contribution in [-0.4, -0.2) is 24.4 Å². The van der Waals surface area contributed by atoms with Gasteiger partial charge in [0.2, 0.25) is 0 Å². The second kappa shape index (κ2) is 4.14. The third kappa shape index (κ3) is 1.67. The summed E-state index contributed by atoms with van der Waals surface area (Å²) in [5.41, 5.74) is 1.51. The Morgan fingerprint density at radius 1 is 1.31 bits per heavy atom. The molecule has 0 atom stereocenters. The van der Waals surface area contributed by atoms with Gasteiger partial charge in [-0.05, 0) is 19.1 Å². The molecule has 1 amide bonds. The molecule has 1 aliphatic rings. The molecule has 0 aromatic heterocycles. The Labute approximate surface area is 93.0 Å². The fourth-order valence-electron chi connectivity index (χ4n) is 1.44. The van der Waals surface area contributed by atoms with Gasteiger partial charge in [0.05, 0.1) is 11.4 Å². The number of nitrogens with zero attached hydrogens (tertiary/aromatic N) is 3. The van der Waals surface area contributed by atoms with E-state index in [2.05, 4.69) is 15.1 Å². The Kier molecular flexibility index (Phi) is 2.68. The van der Waals surface area contributed by atoms with Gasteiger partial charge in [-0.3, -0.25) is 4.79 Å². The lowest BCUT2D eigenvalue weighted by Gasteiger charge is -2.10. The normalized spacial score (nSPS) is 17.9. The maximum atomic E-state index is 11.9. The first-order valence-electron chi connectivity index (χ1n) is 4.80. The highest BCUT2D eigenvalue weighted by Gasteiger charge is 2.30. The summed E-state index contributed by atoms with van der Waals surface area (Å²) >= 11 is 0. The summed E-state index contributed by atoms with van der Waals surface area (Å²) in [5, 5.41) is 9.10. The Balaban J connectivity index is 2.35. The molecule has 0 saturated carbocycles. The molecule has 2 rings (SSSR count). The van der Waals surface area contributed by atoms with Crippen LogP contribution in [0, 0.1) is 0 Å². The van der Waals surface area contributed by atoms with Crippen molar-refractivity contribution in [1.29, 1.82) is 0 Å². The first-order chi connectivity index (χ1) is 7.74. The molecule has 0 saturated heterocycles. The molecule has 0 spiro atoms. The maximum absolute atomic E-state index is 11.9. The van der Waals surface area contributed by atoms with E-state index in [1.54, 1.807) is 6.92 Å². The smallest absolute Gasteiger partial charge is 0.302 e. The lowest BCUT2D eigenvalue weighted by atomic mass is 10.2. The summed E-state index contributed by atoms with van der Waals surface area (Å²) < 4.78 is 0. The van der Waals surface area contributed by atoms with E-state index < -0.39 is 0 Å². The number of benzene rings is 1. The second-order valence-electron chi connectivity index (χ2n) is 3.26. The number of oxime groups is 1. The summed E-state index contributed by atoms with van der Waals surface area (Å²) in [6, 6.07) is 9.19. The maximum Gasteiger partial charge on any atom is 0.302 e. The summed E-state index contributed by atoms with van der Waals surface area (Å²) in [6.07, 6.45) is 0. The number of hydrogen-bond acceptors (Lipinski definition) is 4. The number of rotatable bonds is 2. The Bertz CT molecular complexity index is 465. The zero-order valence-electron chi connectivity index (χ0n) is 9.04. The van der Waals surface area contributed by atoms with Gasteiger partial charge in [-0.1, -0.05) is 23.4 Å². The fourth-order valence-corrected chi connectivity index (χ4v) is 1.44. The first kappa shape index (κ1) is 10.4. The van der Waals surface area contributed by atoms with Crippen LogP contribution in [0.5, 0.6) is 0 Å². The van der Waals surface area contributed by atoms with Crippen LogP contribution in [0.1, 0.15) is 6.92 Å². The van der Waals surface area contributed by atoms with Gasteiger partial charge in [-0.2, -0.15) is 10.1 Å². The highest BCUT2D eigenvalue weighted by atomic mass is 16.6. The summed E-state index contributed by atoms with van der Waals surface area (Å²) in [6.45, 7) is 1.72. The monoisotopic (exact) mass is 217 g/mol. The minimum absolute atomic E-state index is 0.242. The molecule has 1 aliphatic heterocycles. The van der Waals surface area contributed by atoms with Gasteiger partial charge in [0, 0.05) is 0 Å². The third-order valence-corrected chi connectivity index (χ3v) is 2.17. The summed E-state index contributed by atoms with van der Waals surface area (Å²) in [5.74, 6) is -0.273. The highest BCUT2D eigenvalue weighted by Crippen LogP contribution is 2.18. The summed E-state index contributed by atoms with van der Waals surface area (Å²) in [4.78, 5) is 16.5. The Hall–Kier alpha value is -2.17. The zero-order valence-corrected chi connectivity index (χ0v) is 9.04. The van der Waals surface area contributed by atoms with Crippen LogP contribution in [0.15, 0.2) is 40.6 Å². The average molecular weight is 217 g/mol. The zero-order chi connectivity index (χ0) is 11.5. The van der Waals surface area contributed by atoms with E-state index in [1.807, 2.05) is 30.3 Å². The van der Waals surface area contributed by atoms with E-state index in [-0.39, 0.29) is 11.6 Å². The van der Waals surface area contributed by atoms with E-state index in [0.29, 0.717) is 11.4 Å². The molecular weight excluding hydrogens is 206 g/mol. The van der Waals surface area contributed by atoms with Crippen molar-refractivity contribution in [3.63, 3.8) is 0 Å². The molecule has 5 nitrogen and oxygen atoms in total. The van der Waals surface area contributed by atoms with Crippen LogP contribution in [0.4, 0.5) is 5.69 Å². The second-order valence-corrected chi connectivity index (χ2v) is 3.26. The van der Waals surface area contributed by atoms with Crippen molar-refractivity contribution < 1.29 is 9.63 Å². The minimum atomic E-state index is -0.273. The molecule has 0 bridgehead atoms. The van der Waals surface area contributed by atoms with Crippen molar-refractivity contribution in [3.8, 4) is 0 Å². The van der Waals surface area contributed by atoms with Crippen molar-refractivity contribution >= 4 is 23.0 Å². The van der Waals surface area contributed by atoms with Gasteiger partial charge in [0.1, 0.15) is 7.11 Å². The molecule has 0 unspecified atom stereocenters. The summed E-state index contributed by atoms with van der Waals surface area (Å²) in [7, 11) is 1.40. The molecule has 82 valence electrons. The molecular formula is C11H11N3O2. The van der Waals surface area contributed by atoms with Gasteiger partial charge in [-0.15, -0.1) is 0 Å². The van der Waals surface area contributed by atoms with Crippen molar-refractivity contribution in [3.05, 3.63) is 30.3 Å². The van der Waals surface area contributed by atoms with Crippen molar-refractivity contribution in [1.82, 2.24) is 0 Å². The molecule has 0 aliphatic carbocycles. The SMILES string of the molecule is CO/N=C1\C(=O)N(c2ccccc2)N=C1C. The molecule has 1 aromatic rings. The Morgan fingerprint density at radius 2 is 2.00 bits per heavy atom. The van der Waals surface area contributed by atoms with Crippen molar-refractivity contribution in [2.24, 2.45) is 10.3 Å². The van der Waals surface area contributed by atoms with Crippen molar-refractivity contribution in [2.45, 2.75) is 6.92 Å². The molecule has 16 heavy (non-hydrogen) atoms. The molecule has 0 fully saturated rings. The first-order valence-corrected chi connectivity index (χ1v) is 4.80. The van der Waals surface area contributed by atoms with Gasteiger partial charge >= 0.3 is 5.91 Å². The molecule has 5 heteroatoms. The molecule has 1 heterocycles. The number of para-hydroxylation sites is 1. The van der Waals surface area contributed by atoms with E-state index >= 15 is 0 Å². The van der Waals surface area contributed by atoms with E-state index in [9.17, 15) is 4.79 Å². The number of carbonyl (C=O) groups is 1. The highest BCUT2D eigenvalue weighted by molar-refractivity contribution is 6.71. The van der Waals surface area contributed by atoms with Gasteiger partial charge < -0.3 is 4.84 Å². The van der Waals surface area contributed by atoms with Crippen LogP contribution < -0.4 is 5.01 Å². The van der Waals surface area contributed by atoms with E-state index in [1.165, 1.54) is 12.1 Å². The standard InChI is InChI=1S/C11H11N3O2/c1-8-10(13-16-2)11(15)14(12-8)9-6-4-3-5-7-9/h3-7H,1-2H3/b13-10-. The predicted octanol–water partition coefficient (Wildman–Crippen LogP) is 1.41. The molecule has 0 N–H and O–H groups in total.